The SMILES string of the molecule is CCOC(=O)C1CCCN(C(=O)CN(C)C(=O)C2CCCN2C(=O)c2ccc3ccccc3c2O)C1. The number of nitrogens with zero attached hydrogens (tertiary/aromatic N) is 3. The van der Waals surface area contributed by atoms with Crippen molar-refractivity contribution in [3.8, 4) is 5.75 Å². The van der Waals surface area contributed by atoms with Crippen molar-refractivity contribution < 1.29 is 29.0 Å². The van der Waals surface area contributed by atoms with E-state index in [2.05, 4.69) is 0 Å². The van der Waals surface area contributed by atoms with E-state index in [1.165, 1.54) is 9.80 Å². The number of likely N-dealkylation sites (tertiary alicyclic amines) is 2. The van der Waals surface area contributed by atoms with Gasteiger partial charge < -0.3 is 24.5 Å². The molecule has 2 fully saturated rings. The maximum Gasteiger partial charge on any atom is 0.310 e. The summed E-state index contributed by atoms with van der Waals surface area (Å²) in [5.41, 5.74) is 0.158. The average Bonchev–Trinajstić information content (AvgIpc) is 3.38. The van der Waals surface area contributed by atoms with Crippen LogP contribution in [0.5, 0.6) is 5.75 Å². The van der Waals surface area contributed by atoms with Crippen molar-refractivity contribution in [3.05, 3.63) is 42.0 Å². The molecule has 0 aliphatic carbocycles. The van der Waals surface area contributed by atoms with Crippen LogP contribution in [0.25, 0.3) is 10.8 Å². The molecule has 0 spiro atoms. The molecule has 0 bridgehead atoms. The maximum absolute atomic E-state index is 13.3. The standard InChI is InChI=1S/C27H33N3O6/c1-3-36-27(35)19-9-6-14-29(16-19)23(31)17-28(2)26(34)22-11-7-15-30(22)25(33)21-13-12-18-8-4-5-10-20(18)24(21)32/h4-5,8,10,12-13,19,22,32H,3,6-7,9,11,14-17H2,1-2H3. The lowest BCUT2D eigenvalue weighted by Crippen LogP contribution is -2.51. The summed E-state index contributed by atoms with van der Waals surface area (Å²) in [7, 11) is 1.56. The topological polar surface area (TPSA) is 107 Å². The van der Waals surface area contributed by atoms with Crippen molar-refractivity contribution in [2.75, 3.05) is 39.8 Å². The second kappa shape index (κ2) is 11.0. The third-order valence-electron chi connectivity index (χ3n) is 7.07. The van der Waals surface area contributed by atoms with E-state index in [9.17, 15) is 24.3 Å². The second-order valence-electron chi connectivity index (χ2n) is 9.46. The maximum atomic E-state index is 13.3. The molecule has 4 rings (SSSR count). The Kier molecular flexibility index (Phi) is 7.76. The largest absolute Gasteiger partial charge is 0.506 e. The first-order chi connectivity index (χ1) is 17.3. The van der Waals surface area contributed by atoms with Crippen LogP contribution in [0, 0.1) is 5.92 Å². The van der Waals surface area contributed by atoms with Crippen LogP contribution in [0.4, 0.5) is 0 Å². The zero-order chi connectivity index (χ0) is 25.8. The van der Waals surface area contributed by atoms with E-state index < -0.39 is 11.9 Å². The highest BCUT2D eigenvalue weighted by molar-refractivity contribution is 6.05. The summed E-state index contributed by atoms with van der Waals surface area (Å²) >= 11 is 0. The molecule has 0 radical (unpaired) electrons. The van der Waals surface area contributed by atoms with Gasteiger partial charge in [-0.15, -0.1) is 0 Å². The Labute approximate surface area is 210 Å². The molecule has 2 unspecified atom stereocenters. The molecule has 3 amide bonds. The Balaban J connectivity index is 1.42. The molecule has 36 heavy (non-hydrogen) atoms. The van der Waals surface area contributed by atoms with E-state index in [0.29, 0.717) is 50.8 Å². The van der Waals surface area contributed by atoms with Gasteiger partial charge in [0.15, 0.2) is 0 Å². The number of piperidine rings is 1. The molecule has 2 aromatic rings. The molecule has 2 heterocycles. The number of esters is 1. The van der Waals surface area contributed by atoms with Crippen molar-refractivity contribution in [1.82, 2.24) is 14.7 Å². The van der Waals surface area contributed by atoms with Gasteiger partial charge in [0.25, 0.3) is 5.91 Å². The van der Waals surface area contributed by atoms with Gasteiger partial charge >= 0.3 is 5.97 Å². The van der Waals surface area contributed by atoms with Gasteiger partial charge in [-0.25, -0.2) is 0 Å². The molecule has 192 valence electrons. The number of amides is 3. The molecule has 1 N–H and O–H groups in total. The van der Waals surface area contributed by atoms with Gasteiger partial charge in [-0.05, 0) is 44.1 Å². The molecule has 2 aromatic carbocycles. The summed E-state index contributed by atoms with van der Waals surface area (Å²) in [6, 6.07) is 9.92. The van der Waals surface area contributed by atoms with Crippen LogP contribution >= 0.6 is 0 Å². The van der Waals surface area contributed by atoms with Gasteiger partial charge in [0.1, 0.15) is 11.8 Å². The van der Waals surface area contributed by atoms with Gasteiger partial charge in [-0.3, -0.25) is 19.2 Å². The van der Waals surface area contributed by atoms with E-state index in [1.54, 1.807) is 43.1 Å². The number of carbonyl (C=O) groups excluding carboxylic acids is 4. The Morgan fingerprint density at radius 2 is 1.81 bits per heavy atom. The van der Waals surface area contributed by atoms with Crippen LogP contribution < -0.4 is 0 Å². The van der Waals surface area contributed by atoms with Crippen LogP contribution in [0.2, 0.25) is 0 Å². The first-order valence-electron chi connectivity index (χ1n) is 12.5. The Bertz CT molecular complexity index is 1170. The van der Waals surface area contributed by atoms with Gasteiger partial charge in [0.2, 0.25) is 11.8 Å². The lowest BCUT2D eigenvalue weighted by molar-refractivity contribution is -0.152. The Morgan fingerprint density at radius 1 is 1.06 bits per heavy atom. The highest BCUT2D eigenvalue weighted by atomic mass is 16.5. The number of ether oxygens (including phenoxy) is 1. The van der Waals surface area contributed by atoms with E-state index in [0.717, 1.165) is 5.39 Å². The number of phenols is 1. The highest BCUT2D eigenvalue weighted by Gasteiger charge is 2.38. The summed E-state index contributed by atoms with van der Waals surface area (Å²) in [4.78, 5) is 56.1. The van der Waals surface area contributed by atoms with Crippen LogP contribution in [-0.2, 0) is 19.1 Å². The quantitative estimate of drug-likeness (QED) is 0.617. The fourth-order valence-electron chi connectivity index (χ4n) is 5.14. The molecule has 2 aliphatic heterocycles. The number of benzene rings is 2. The third-order valence-corrected chi connectivity index (χ3v) is 7.07. The van der Waals surface area contributed by atoms with Crippen LogP contribution in [-0.4, -0.2) is 89.4 Å². The number of hydrogen-bond acceptors (Lipinski definition) is 6. The molecule has 2 atom stereocenters. The van der Waals surface area contributed by atoms with E-state index >= 15 is 0 Å². The Hall–Kier alpha value is -3.62. The zero-order valence-electron chi connectivity index (χ0n) is 20.8. The first-order valence-corrected chi connectivity index (χ1v) is 12.5. The predicted octanol–water partition coefficient (Wildman–Crippen LogP) is 2.41. The summed E-state index contributed by atoms with van der Waals surface area (Å²) < 4.78 is 5.10. The Morgan fingerprint density at radius 3 is 2.58 bits per heavy atom. The number of hydrogen-bond donors (Lipinski definition) is 1. The monoisotopic (exact) mass is 495 g/mol. The summed E-state index contributed by atoms with van der Waals surface area (Å²) in [5, 5.41) is 12.1. The normalized spacial score (nSPS) is 19.8. The lowest BCUT2D eigenvalue weighted by atomic mass is 9.98. The molecular formula is C27H33N3O6. The molecular weight excluding hydrogens is 462 g/mol. The fraction of sp³-hybridized carbons (Fsp3) is 0.481. The summed E-state index contributed by atoms with van der Waals surface area (Å²) in [6.45, 7) is 3.14. The molecule has 2 aliphatic rings. The van der Waals surface area contributed by atoms with Crippen LogP contribution in [0.1, 0.15) is 43.0 Å². The fourth-order valence-corrected chi connectivity index (χ4v) is 5.14. The average molecular weight is 496 g/mol. The van der Waals surface area contributed by atoms with Crippen molar-refractivity contribution >= 4 is 34.5 Å². The van der Waals surface area contributed by atoms with E-state index in [-0.39, 0.29) is 48.1 Å². The number of aromatic hydroxyl groups is 1. The van der Waals surface area contributed by atoms with Crippen LogP contribution in [0.3, 0.4) is 0 Å². The number of likely N-dealkylation sites (N-methyl/N-ethyl adjacent to an activating group) is 1. The number of phenolic OH excluding ortho intramolecular Hbond substituents is 1. The van der Waals surface area contributed by atoms with Crippen molar-refractivity contribution in [1.29, 1.82) is 0 Å². The van der Waals surface area contributed by atoms with Gasteiger partial charge in [0.05, 0.1) is 24.6 Å². The predicted molar refractivity (Wildman–Crippen MR) is 133 cm³/mol. The number of rotatable bonds is 6. The van der Waals surface area contributed by atoms with E-state index in [1.807, 2.05) is 12.1 Å². The van der Waals surface area contributed by atoms with Crippen LogP contribution in [0.15, 0.2) is 36.4 Å². The number of carbonyl (C=O) groups is 4. The second-order valence-corrected chi connectivity index (χ2v) is 9.46. The molecule has 0 saturated carbocycles. The van der Waals surface area contributed by atoms with Gasteiger partial charge in [-0.1, -0.05) is 30.3 Å². The van der Waals surface area contributed by atoms with Crippen molar-refractivity contribution in [2.24, 2.45) is 5.92 Å². The lowest BCUT2D eigenvalue weighted by Gasteiger charge is -2.33. The third kappa shape index (κ3) is 5.15. The minimum absolute atomic E-state index is 0.0963. The first kappa shape index (κ1) is 25.5. The summed E-state index contributed by atoms with van der Waals surface area (Å²) in [6.07, 6.45) is 2.53. The van der Waals surface area contributed by atoms with Crippen molar-refractivity contribution in [2.45, 2.75) is 38.6 Å². The molecule has 9 nitrogen and oxygen atoms in total. The van der Waals surface area contributed by atoms with Gasteiger partial charge in [-0.2, -0.15) is 0 Å². The minimum atomic E-state index is -0.699. The summed E-state index contributed by atoms with van der Waals surface area (Å²) in [5.74, 6) is -1.68. The highest BCUT2D eigenvalue weighted by Crippen LogP contribution is 2.31. The zero-order valence-corrected chi connectivity index (χ0v) is 20.8. The van der Waals surface area contributed by atoms with Gasteiger partial charge in [0, 0.05) is 32.1 Å². The smallest absolute Gasteiger partial charge is 0.310 e. The molecule has 2 saturated heterocycles. The van der Waals surface area contributed by atoms with Crippen molar-refractivity contribution in [3.63, 3.8) is 0 Å². The minimum Gasteiger partial charge on any atom is -0.506 e. The molecule has 9 heteroatoms. The number of fused-ring (bicyclic) bond motifs is 1. The van der Waals surface area contributed by atoms with E-state index in [4.69, 9.17) is 4.74 Å². The molecule has 0 aromatic heterocycles.